The fraction of sp³-hybridized carbons (Fsp3) is 0.364. The zero-order valence-electron chi connectivity index (χ0n) is 10.7. The van der Waals surface area contributed by atoms with Gasteiger partial charge >= 0.3 is 0 Å². The fourth-order valence-corrected chi connectivity index (χ4v) is 4.88. The minimum Gasteiger partial charge on any atom is -0.273 e. The number of sulfonamides is 1. The number of hydrogen-bond acceptors (Lipinski definition) is 5. The monoisotopic (exact) mass is 337 g/mol. The Bertz CT molecular complexity index is 766. The first-order valence-electron chi connectivity index (χ1n) is 5.57. The first-order chi connectivity index (χ1) is 8.95. The van der Waals surface area contributed by atoms with Gasteiger partial charge in [0.2, 0.25) is 15.9 Å². The second kappa shape index (κ2) is 4.44. The van der Waals surface area contributed by atoms with Crippen LogP contribution in [0.2, 0.25) is 0 Å². The first-order valence-corrected chi connectivity index (χ1v) is 9.49. The van der Waals surface area contributed by atoms with Crippen molar-refractivity contribution in [2.75, 3.05) is 10.1 Å². The molecule has 6 nitrogen and oxygen atoms in total. The maximum atomic E-state index is 12.1. The molecule has 2 rings (SSSR count). The standard InChI is InChI=1S/C11H12ClNO5S2/c1-11(2)7-19(15,16)13(10(11)14)8-3-5-9(6-4-8)20(12,17)18/h3-6H,7H2,1-2H3. The number of rotatable bonds is 2. The van der Waals surface area contributed by atoms with Crippen LogP contribution >= 0.6 is 10.7 Å². The highest BCUT2D eigenvalue weighted by Gasteiger charge is 2.49. The van der Waals surface area contributed by atoms with Crippen LogP contribution in [-0.4, -0.2) is 28.5 Å². The van der Waals surface area contributed by atoms with Gasteiger partial charge in [-0.2, -0.15) is 0 Å². The predicted octanol–water partition coefficient (Wildman–Crippen LogP) is 1.32. The molecule has 0 saturated carbocycles. The van der Waals surface area contributed by atoms with E-state index in [0.29, 0.717) is 4.31 Å². The quantitative estimate of drug-likeness (QED) is 0.759. The van der Waals surface area contributed by atoms with E-state index < -0.39 is 30.4 Å². The molecule has 1 heterocycles. The lowest BCUT2D eigenvalue weighted by Gasteiger charge is -2.17. The van der Waals surface area contributed by atoms with Gasteiger partial charge in [-0.15, -0.1) is 0 Å². The van der Waals surface area contributed by atoms with Crippen molar-refractivity contribution in [2.45, 2.75) is 18.7 Å². The van der Waals surface area contributed by atoms with Crippen molar-refractivity contribution < 1.29 is 21.6 Å². The van der Waals surface area contributed by atoms with Crippen LogP contribution in [0.5, 0.6) is 0 Å². The maximum Gasteiger partial charge on any atom is 0.261 e. The smallest absolute Gasteiger partial charge is 0.261 e. The van der Waals surface area contributed by atoms with E-state index in [-0.39, 0.29) is 16.3 Å². The van der Waals surface area contributed by atoms with Crippen LogP contribution in [-0.2, 0) is 23.9 Å². The number of hydrogen-bond donors (Lipinski definition) is 0. The lowest BCUT2D eigenvalue weighted by Crippen LogP contribution is -2.32. The molecule has 1 aliphatic heterocycles. The third-order valence-electron chi connectivity index (χ3n) is 2.94. The topological polar surface area (TPSA) is 88.6 Å². The molecule has 0 unspecified atom stereocenters. The Morgan fingerprint density at radius 3 is 2.05 bits per heavy atom. The maximum absolute atomic E-state index is 12.1. The van der Waals surface area contributed by atoms with Gasteiger partial charge in [-0.05, 0) is 38.1 Å². The number of benzene rings is 1. The highest BCUT2D eigenvalue weighted by molar-refractivity contribution is 8.13. The molecular formula is C11H12ClNO5S2. The average Bonchev–Trinajstić information content (AvgIpc) is 2.42. The SMILES string of the molecule is CC1(C)CS(=O)(=O)N(c2ccc(S(=O)(=O)Cl)cc2)C1=O. The van der Waals surface area contributed by atoms with E-state index in [0.717, 1.165) is 12.1 Å². The Morgan fingerprint density at radius 2 is 1.70 bits per heavy atom. The number of amides is 1. The Kier molecular flexibility index (Phi) is 3.39. The van der Waals surface area contributed by atoms with Crippen LogP contribution in [0.3, 0.4) is 0 Å². The molecule has 0 N–H and O–H groups in total. The van der Waals surface area contributed by atoms with Crippen molar-refractivity contribution in [2.24, 2.45) is 5.41 Å². The molecule has 110 valence electrons. The number of nitrogens with zero attached hydrogens (tertiary/aromatic N) is 1. The summed E-state index contributed by atoms with van der Waals surface area (Å²) < 4.78 is 47.0. The summed E-state index contributed by atoms with van der Waals surface area (Å²) in [6.45, 7) is 3.09. The van der Waals surface area contributed by atoms with E-state index in [1.54, 1.807) is 13.8 Å². The van der Waals surface area contributed by atoms with Gasteiger partial charge in [0.25, 0.3) is 9.05 Å². The van der Waals surface area contributed by atoms with Gasteiger partial charge in [-0.3, -0.25) is 4.79 Å². The summed E-state index contributed by atoms with van der Waals surface area (Å²) in [5, 5.41) is 0. The zero-order valence-corrected chi connectivity index (χ0v) is 13.1. The Hall–Kier alpha value is -1.12. The van der Waals surface area contributed by atoms with Gasteiger partial charge in [-0.1, -0.05) is 0 Å². The second-order valence-electron chi connectivity index (χ2n) is 5.14. The Morgan fingerprint density at radius 1 is 1.20 bits per heavy atom. The molecule has 0 spiro atoms. The molecule has 1 aromatic carbocycles. The van der Waals surface area contributed by atoms with E-state index in [2.05, 4.69) is 0 Å². The molecule has 9 heteroatoms. The highest BCUT2D eigenvalue weighted by Crippen LogP contribution is 2.36. The largest absolute Gasteiger partial charge is 0.273 e. The van der Waals surface area contributed by atoms with Gasteiger partial charge < -0.3 is 0 Å². The van der Waals surface area contributed by atoms with Crippen molar-refractivity contribution in [3.8, 4) is 0 Å². The van der Waals surface area contributed by atoms with Crippen LogP contribution in [0.25, 0.3) is 0 Å². The summed E-state index contributed by atoms with van der Waals surface area (Å²) in [6.07, 6.45) is 0. The van der Waals surface area contributed by atoms with Crippen LogP contribution in [0, 0.1) is 5.41 Å². The van der Waals surface area contributed by atoms with Crippen molar-refractivity contribution in [1.29, 1.82) is 0 Å². The number of halogens is 1. The van der Waals surface area contributed by atoms with Crippen molar-refractivity contribution in [3.63, 3.8) is 0 Å². The summed E-state index contributed by atoms with van der Waals surface area (Å²) in [7, 11) is -2.46. The molecule has 1 saturated heterocycles. The van der Waals surface area contributed by atoms with Gasteiger partial charge in [0.15, 0.2) is 0 Å². The Labute approximate surface area is 121 Å². The van der Waals surface area contributed by atoms with Gasteiger partial charge in [0.1, 0.15) is 0 Å². The van der Waals surface area contributed by atoms with Gasteiger partial charge in [0.05, 0.1) is 21.8 Å². The van der Waals surface area contributed by atoms with Crippen LogP contribution < -0.4 is 4.31 Å². The lowest BCUT2D eigenvalue weighted by atomic mass is 9.95. The first kappa shape index (κ1) is 15.3. The third-order valence-corrected chi connectivity index (χ3v) is 6.33. The van der Waals surface area contributed by atoms with E-state index in [1.165, 1.54) is 12.1 Å². The summed E-state index contributed by atoms with van der Waals surface area (Å²) in [4.78, 5) is 12.0. The molecular weight excluding hydrogens is 326 g/mol. The normalized spacial score (nSPS) is 21.1. The minimum absolute atomic E-state index is 0.102. The minimum atomic E-state index is -3.89. The molecule has 1 amide bonds. The summed E-state index contributed by atoms with van der Waals surface area (Å²) in [5.74, 6) is -0.826. The van der Waals surface area contributed by atoms with E-state index >= 15 is 0 Å². The third kappa shape index (κ3) is 2.55. The van der Waals surface area contributed by atoms with Crippen molar-refractivity contribution in [3.05, 3.63) is 24.3 Å². The molecule has 1 aliphatic rings. The second-order valence-corrected chi connectivity index (χ2v) is 9.53. The zero-order chi connectivity index (χ0) is 15.3. The van der Waals surface area contributed by atoms with Crippen LogP contribution in [0.4, 0.5) is 5.69 Å². The summed E-state index contributed by atoms with van der Waals surface area (Å²) in [5.41, 5.74) is -0.902. The molecule has 0 aromatic heterocycles. The number of carbonyl (C=O) groups excluding carboxylic acids is 1. The highest BCUT2D eigenvalue weighted by atomic mass is 35.7. The molecule has 0 aliphatic carbocycles. The van der Waals surface area contributed by atoms with Crippen molar-refractivity contribution >= 4 is 41.4 Å². The Balaban J connectivity index is 2.50. The van der Waals surface area contributed by atoms with Crippen LogP contribution in [0.1, 0.15) is 13.8 Å². The van der Waals surface area contributed by atoms with E-state index in [9.17, 15) is 21.6 Å². The average molecular weight is 338 g/mol. The van der Waals surface area contributed by atoms with E-state index in [1.807, 2.05) is 0 Å². The van der Waals surface area contributed by atoms with E-state index in [4.69, 9.17) is 10.7 Å². The van der Waals surface area contributed by atoms with Gasteiger partial charge in [-0.25, -0.2) is 21.1 Å². The molecule has 0 atom stereocenters. The van der Waals surface area contributed by atoms with Crippen molar-refractivity contribution in [1.82, 2.24) is 0 Å². The number of anilines is 1. The summed E-state index contributed by atoms with van der Waals surface area (Å²) in [6, 6.07) is 4.80. The molecule has 20 heavy (non-hydrogen) atoms. The lowest BCUT2D eigenvalue weighted by molar-refractivity contribution is -0.123. The van der Waals surface area contributed by atoms with Gasteiger partial charge in [0, 0.05) is 10.7 Å². The summed E-state index contributed by atoms with van der Waals surface area (Å²) >= 11 is 0. The number of carbonyl (C=O) groups is 1. The van der Waals surface area contributed by atoms with Crippen LogP contribution in [0.15, 0.2) is 29.2 Å². The molecule has 1 fully saturated rings. The molecule has 0 radical (unpaired) electrons. The predicted molar refractivity (Wildman–Crippen MR) is 74.5 cm³/mol. The molecule has 1 aromatic rings. The fourth-order valence-electron chi connectivity index (χ4n) is 2.01. The molecule has 0 bridgehead atoms.